The van der Waals surface area contributed by atoms with Gasteiger partial charge in [-0.2, -0.15) is 0 Å². The number of anilines is 1. The van der Waals surface area contributed by atoms with Gasteiger partial charge in [0.2, 0.25) is 0 Å². The van der Waals surface area contributed by atoms with Crippen molar-refractivity contribution in [3.05, 3.63) is 53.9 Å². The molecule has 1 aliphatic heterocycles. The molecule has 0 aliphatic carbocycles. The zero-order valence-corrected chi connectivity index (χ0v) is 13.1. The van der Waals surface area contributed by atoms with E-state index in [4.69, 9.17) is 4.99 Å². The van der Waals surface area contributed by atoms with E-state index in [0.29, 0.717) is 12.1 Å². The molecule has 0 spiro atoms. The lowest BCUT2D eigenvalue weighted by molar-refractivity contribution is 0.0697. The summed E-state index contributed by atoms with van der Waals surface area (Å²) in [6.07, 6.45) is 4.04. The van der Waals surface area contributed by atoms with E-state index >= 15 is 0 Å². The molecule has 1 N–H and O–H groups in total. The van der Waals surface area contributed by atoms with Crippen LogP contribution in [0.25, 0.3) is 0 Å². The Hall–Kier alpha value is -2.69. The van der Waals surface area contributed by atoms with Gasteiger partial charge in [-0.25, -0.2) is 9.79 Å². The van der Waals surface area contributed by atoms with Gasteiger partial charge in [0.1, 0.15) is 11.5 Å². The first-order valence-electron chi connectivity index (χ1n) is 7.82. The Morgan fingerprint density at radius 2 is 2.09 bits per heavy atom. The Balaban J connectivity index is 2.05. The lowest BCUT2D eigenvalue weighted by Crippen LogP contribution is -2.24. The van der Waals surface area contributed by atoms with Crippen LogP contribution in [-0.4, -0.2) is 28.4 Å². The van der Waals surface area contributed by atoms with E-state index in [9.17, 15) is 9.90 Å². The lowest BCUT2D eigenvalue weighted by atomic mass is 10.1. The number of carbonyl (C=O) groups is 1. The smallest absolute Gasteiger partial charge is 0.338 e. The van der Waals surface area contributed by atoms with Crippen LogP contribution in [0.2, 0.25) is 0 Å². The molecular formula is C18H19N3O2. The lowest BCUT2D eigenvalue weighted by Gasteiger charge is -2.19. The molecule has 1 aliphatic rings. The van der Waals surface area contributed by atoms with E-state index in [0.717, 1.165) is 36.6 Å². The number of para-hydroxylation sites is 1. The largest absolute Gasteiger partial charge is 0.478 e. The third-order valence-corrected chi connectivity index (χ3v) is 3.97. The van der Waals surface area contributed by atoms with E-state index in [-0.39, 0.29) is 5.56 Å². The number of carboxylic acid groups (broad SMARTS) is 1. The summed E-state index contributed by atoms with van der Waals surface area (Å²) in [5.41, 5.74) is 2.50. The Labute approximate surface area is 135 Å². The maximum Gasteiger partial charge on any atom is 0.338 e. The van der Waals surface area contributed by atoms with Gasteiger partial charge >= 0.3 is 5.97 Å². The van der Waals surface area contributed by atoms with E-state index in [2.05, 4.69) is 9.88 Å². The van der Waals surface area contributed by atoms with Gasteiger partial charge in [0.15, 0.2) is 0 Å². The number of benzene rings is 1. The van der Waals surface area contributed by atoms with Crippen LogP contribution < -0.4 is 4.90 Å². The third kappa shape index (κ3) is 3.08. The molecule has 0 bridgehead atoms. The Morgan fingerprint density at radius 1 is 1.30 bits per heavy atom. The normalized spacial score (nSPS) is 16.0. The minimum absolute atomic E-state index is 0.212. The average molecular weight is 309 g/mol. The highest BCUT2D eigenvalue weighted by molar-refractivity contribution is 6.03. The van der Waals surface area contributed by atoms with Gasteiger partial charge in [0.25, 0.3) is 0 Å². The number of carboxylic acids is 1. The molecule has 1 saturated heterocycles. The summed E-state index contributed by atoms with van der Waals surface area (Å²) >= 11 is 0. The highest BCUT2D eigenvalue weighted by atomic mass is 16.4. The SMILES string of the molecule is CCc1nccc(C(=O)O)c1N=C1CCCN1c1ccccc1. The first-order chi connectivity index (χ1) is 11.2. The number of aromatic carboxylic acids is 1. The molecular weight excluding hydrogens is 290 g/mol. The molecule has 1 aromatic carbocycles. The number of pyridine rings is 1. The fraction of sp³-hybridized carbons (Fsp3) is 0.278. The molecule has 118 valence electrons. The molecule has 2 aromatic rings. The maximum absolute atomic E-state index is 11.5. The topological polar surface area (TPSA) is 65.8 Å². The van der Waals surface area contributed by atoms with Gasteiger partial charge in [0, 0.05) is 24.8 Å². The molecule has 0 saturated carbocycles. The van der Waals surface area contributed by atoms with Crippen molar-refractivity contribution in [1.29, 1.82) is 0 Å². The van der Waals surface area contributed by atoms with Crippen molar-refractivity contribution >= 4 is 23.2 Å². The fourth-order valence-electron chi connectivity index (χ4n) is 2.84. The summed E-state index contributed by atoms with van der Waals surface area (Å²) < 4.78 is 0. The number of hydrogen-bond donors (Lipinski definition) is 1. The van der Waals surface area contributed by atoms with Gasteiger partial charge < -0.3 is 10.0 Å². The van der Waals surface area contributed by atoms with E-state index in [1.807, 2.05) is 37.3 Å². The van der Waals surface area contributed by atoms with E-state index in [1.54, 1.807) is 0 Å². The van der Waals surface area contributed by atoms with Gasteiger partial charge in [-0.1, -0.05) is 25.1 Å². The van der Waals surface area contributed by atoms with Crippen LogP contribution in [0.4, 0.5) is 11.4 Å². The quantitative estimate of drug-likeness (QED) is 0.935. The Morgan fingerprint density at radius 3 is 2.78 bits per heavy atom. The molecule has 1 aromatic heterocycles. The summed E-state index contributed by atoms with van der Waals surface area (Å²) in [6.45, 7) is 2.86. The Kier molecular flexibility index (Phi) is 4.37. The van der Waals surface area contributed by atoms with Crippen molar-refractivity contribution in [3.63, 3.8) is 0 Å². The first kappa shape index (κ1) is 15.2. The van der Waals surface area contributed by atoms with Crippen LogP contribution in [0.5, 0.6) is 0 Å². The second-order valence-electron chi connectivity index (χ2n) is 5.43. The van der Waals surface area contributed by atoms with Crippen molar-refractivity contribution in [2.45, 2.75) is 26.2 Å². The summed E-state index contributed by atoms with van der Waals surface area (Å²) in [6, 6.07) is 11.6. The van der Waals surface area contributed by atoms with Crippen molar-refractivity contribution in [2.75, 3.05) is 11.4 Å². The van der Waals surface area contributed by atoms with Gasteiger partial charge in [-0.05, 0) is 31.0 Å². The zero-order valence-electron chi connectivity index (χ0n) is 13.1. The predicted octanol–water partition coefficient (Wildman–Crippen LogP) is 3.67. The van der Waals surface area contributed by atoms with Crippen LogP contribution >= 0.6 is 0 Å². The van der Waals surface area contributed by atoms with Gasteiger partial charge in [0.05, 0.1) is 11.3 Å². The molecule has 23 heavy (non-hydrogen) atoms. The maximum atomic E-state index is 11.5. The number of rotatable bonds is 4. The van der Waals surface area contributed by atoms with Gasteiger partial charge in [-0.15, -0.1) is 0 Å². The van der Waals surface area contributed by atoms with Crippen LogP contribution in [0, 0.1) is 0 Å². The number of aromatic nitrogens is 1. The molecule has 5 nitrogen and oxygen atoms in total. The van der Waals surface area contributed by atoms with Crippen LogP contribution in [0.15, 0.2) is 47.6 Å². The number of aryl methyl sites for hydroxylation is 1. The van der Waals surface area contributed by atoms with Gasteiger partial charge in [-0.3, -0.25) is 4.98 Å². The molecule has 2 heterocycles. The monoisotopic (exact) mass is 309 g/mol. The van der Waals surface area contributed by atoms with Crippen LogP contribution in [0.3, 0.4) is 0 Å². The second-order valence-corrected chi connectivity index (χ2v) is 5.43. The van der Waals surface area contributed by atoms with Crippen molar-refractivity contribution < 1.29 is 9.90 Å². The third-order valence-electron chi connectivity index (χ3n) is 3.97. The predicted molar refractivity (Wildman–Crippen MR) is 90.7 cm³/mol. The van der Waals surface area contributed by atoms with Crippen molar-refractivity contribution in [1.82, 2.24) is 4.98 Å². The molecule has 1 fully saturated rings. The highest BCUT2D eigenvalue weighted by Gasteiger charge is 2.22. The summed E-state index contributed by atoms with van der Waals surface area (Å²) in [5.74, 6) is -0.0629. The number of aliphatic imine (C=N–C) groups is 1. The summed E-state index contributed by atoms with van der Waals surface area (Å²) in [7, 11) is 0. The standard InChI is InChI=1S/C18H19N3O2/c1-2-15-17(14(18(22)23)10-11-19-15)20-16-9-6-12-21(16)13-7-4-3-5-8-13/h3-5,7-8,10-11H,2,6,9,12H2,1H3,(H,22,23). The number of amidine groups is 1. The minimum Gasteiger partial charge on any atom is -0.478 e. The summed E-state index contributed by atoms with van der Waals surface area (Å²) in [4.78, 5) is 22.7. The zero-order chi connectivity index (χ0) is 16.2. The molecule has 0 radical (unpaired) electrons. The minimum atomic E-state index is -0.967. The average Bonchev–Trinajstić information content (AvgIpc) is 3.04. The first-order valence-corrected chi connectivity index (χ1v) is 7.82. The van der Waals surface area contributed by atoms with E-state index in [1.165, 1.54) is 12.3 Å². The van der Waals surface area contributed by atoms with Crippen LogP contribution in [0.1, 0.15) is 35.8 Å². The van der Waals surface area contributed by atoms with Crippen molar-refractivity contribution in [3.8, 4) is 0 Å². The number of nitrogens with zero attached hydrogens (tertiary/aromatic N) is 3. The van der Waals surface area contributed by atoms with Crippen LogP contribution in [-0.2, 0) is 6.42 Å². The highest BCUT2D eigenvalue weighted by Crippen LogP contribution is 2.28. The molecule has 0 atom stereocenters. The molecule has 0 unspecified atom stereocenters. The fourth-order valence-corrected chi connectivity index (χ4v) is 2.84. The molecule has 3 rings (SSSR count). The molecule has 0 amide bonds. The summed E-state index contributed by atoms with van der Waals surface area (Å²) in [5, 5.41) is 9.43. The Bertz CT molecular complexity index is 741. The van der Waals surface area contributed by atoms with Crippen molar-refractivity contribution in [2.24, 2.45) is 4.99 Å². The second kappa shape index (κ2) is 6.60. The molecule has 5 heteroatoms. The number of hydrogen-bond acceptors (Lipinski definition) is 3. The van der Waals surface area contributed by atoms with E-state index < -0.39 is 5.97 Å².